The Labute approximate surface area is 105 Å². The van der Waals surface area contributed by atoms with Crippen LogP contribution in [-0.4, -0.2) is 11.7 Å². The number of hydrogen-bond acceptors (Lipinski definition) is 1. The third kappa shape index (κ3) is 2.97. The molecule has 0 spiro atoms. The molecule has 0 saturated heterocycles. The minimum absolute atomic E-state index is 0.229. The van der Waals surface area contributed by atoms with Gasteiger partial charge in [-0.15, -0.1) is 11.6 Å². The highest BCUT2D eigenvalue weighted by Gasteiger charge is 2.05. The predicted molar refractivity (Wildman–Crippen MR) is 68.6 cm³/mol. The van der Waals surface area contributed by atoms with E-state index in [1.54, 1.807) is 0 Å². The Balaban J connectivity index is 3.21. The summed E-state index contributed by atoms with van der Waals surface area (Å²) in [5, 5.41) is 0. The molecular weight excluding hydrogens is 331 g/mol. The second-order valence-electron chi connectivity index (χ2n) is 2.81. The van der Waals surface area contributed by atoms with Crippen molar-refractivity contribution in [2.45, 2.75) is 6.92 Å². The van der Waals surface area contributed by atoms with Crippen LogP contribution in [0.25, 0.3) is 0 Å². The Hall–Kier alpha value is -0.0600. The van der Waals surface area contributed by atoms with E-state index in [1.165, 1.54) is 0 Å². The molecule has 1 aromatic rings. The second-order valence-corrected chi connectivity index (χ2v) is 4.79. The van der Waals surface area contributed by atoms with Crippen LogP contribution in [-0.2, 0) is 0 Å². The van der Waals surface area contributed by atoms with Gasteiger partial charge in [-0.1, -0.05) is 0 Å². The Kier molecular flexibility index (Phi) is 4.41. The van der Waals surface area contributed by atoms with Gasteiger partial charge in [0.2, 0.25) is 0 Å². The molecule has 0 fully saturated rings. The fraction of sp³-hybridized carbons (Fsp3) is 0.222. The van der Waals surface area contributed by atoms with Crippen LogP contribution in [0, 0.1) is 6.92 Å². The molecule has 0 amide bonds. The molecule has 0 aromatic heterocycles. The van der Waals surface area contributed by atoms with Gasteiger partial charge in [-0.25, -0.2) is 4.99 Å². The molecule has 0 saturated carbocycles. The van der Waals surface area contributed by atoms with Crippen molar-refractivity contribution in [3.63, 3.8) is 0 Å². The summed E-state index contributed by atoms with van der Waals surface area (Å²) in [6.07, 6.45) is 0. The summed E-state index contributed by atoms with van der Waals surface area (Å²) < 4.78 is 1.80. The van der Waals surface area contributed by atoms with E-state index in [-0.39, 0.29) is 5.88 Å². The quantitative estimate of drug-likeness (QED) is 0.497. The zero-order valence-corrected chi connectivity index (χ0v) is 11.4. The van der Waals surface area contributed by atoms with Gasteiger partial charge in [0, 0.05) is 8.95 Å². The molecule has 0 aliphatic heterocycles. The van der Waals surface area contributed by atoms with E-state index < -0.39 is 0 Å². The first-order valence-corrected chi connectivity index (χ1v) is 6.01. The number of aliphatic imine (C=N–C) groups is 1. The molecule has 1 rings (SSSR count). The minimum Gasteiger partial charge on any atom is -0.386 e. The van der Waals surface area contributed by atoms with Crippen molar-refractivity contribution in [1.82, 2.24) is 0 Å². The van der Waals surface area contributed by atoms with Gasteiger partial charge in [-0.3, -0.25) is 0 Å². The zero-order valence-electron chi connectivity index (χ0n) is 7.52. The number of nitrogens with zero attached hydrogens (tertiary/aromatic N) is 1. The standard InChI is InChI=1S/C9H9Br2ClN2/c1-5-2-6(10)9(7(11)3-5)14-8(13)4-12/h2-3H,4H2,1H3,(H2,13,14). The second kappa shape index (κ2) is 5.14. The van der Waals surface area contributed by atoms with Gasteiger partial charge in [0.15, 0.2) is 0 Å². The van der Waals surface area contributed by atoms with E-state index in [0.717, 1.165) is 20.2 Å². The molecule has 2 N–H and O–H groups in total. The summed E-state index contributed by atoms with van der Waals surface area (Å²) in [6, 6.07) is 3.95. The van der Waals surface area contributed by atoms with Crippen LogP contribution in [0.3, 0.4) is 0 Å². The van der Waals surface area contributed by atoms with Gasteiger partial charge in [0.05, 0.1) is 11.6 Å². The first-order valence-electron chi connectivity index (χ1n) is 3.89. The topological polar surface area (TPSA) is 38.4 Å². The molecule has 0 aliphatic carbocycles. The smallest absolute Gasteiger partial charge is 0.115 e. The Morgan fingerprint density at radius 2 is 1.93 bits per heavy atom. The number of aryl methyl sites for hydroxylation is 1. The molecule has 0 bridgehead atoms. The van der Waals surface area contributed by atoms with Crippen LogP contribution in [0.1, 0.15) is 5.56 Å². The SMILES string of the molecule is Cc1cc(Br)c(N=C(N)CCl)c(Br)c1. The van der Waals surface area contributed by atoms with Gasteiger partial charge in [-0.2, -0.15) is 0 Å². The van der Waals surface area contributed by atoms with Gasteiger partial charge in [0.25, 0.3) is 0 Å². The fourth-order valence-corrected chi connectivity index (χ4v) is 2.62. The molecule has 0 aliphatic rings. The van der Waals surface area contributed by atoms with Crippen LogP contribution in [0.5, 0.6) is 0 Å². The van der Waals surface area contributed by atoms with Crippen LogP contribution >= 0.6 is 43.5 Å². The van der Waals surface area contributed by atoms with E-state index in [9.17, 15) is 0 Å². The molecule has 0 radical (unpaired) electrons. The molecule has 0 heterocycles. The number of alkyl halides is 1. The number of amidine groups is 1. The monoisotopic (exact) mass is 338 g/mol. The highest BCUT2D eigenvalue weighted by Crippen LogP contribution is 2.34. The summed E-state index contributed by atoms with van der Waals surface area (Å²) in [5.41, 5.74) is 7.47. The Morgan fingerprint density at radius 3 is 2.36 bits per heavy atom. The lowest BCUT2D eigenvalue weighted by Gasteiger charge is -2.04. The van der Waals surface area contributed by atoms with Crippen molar-refractivity contribution in [2.75, 3.05) is 5.88 Å². The van der Waals surface area contributed by atoms with Crippen LogP contribution in [0.15, 0.2) is 26.1 Å². The molecule has 76 valence electrons. The molecule has 0 unspecified atom stereocenters. The molecule has 2 nitrogen and oxygen atoms in total. The van der Waals surface area contributed by atoms with Crippen molar-refractivity contribution in [1.29, 1.82) is 0 Å². The largest absolute Gasteiger partial charge is 0.386 e. The number of rotatable bonds is 2. The zero-order chi connectivity index (χ0) is 10.7. The van der Waals surface area contributed by atoms with E-state index in [1.807, 2.05) is 19.1 Å². The van der Waals surface area contributed by atoms with Gasteiger partial charge < -0.3 is 5.73 Å². The molecular formula is C9H9Br2ClN2. The maximum atomic E-state index is 5.56. The average Bonchev–Trinajstić information content (AvgIpc) is 2.10. The first kappa shape index (κ1) is 12.0. The van der Waals surface area contributed by atoms with Gasteiger partial charge in [-0.05, 0) is 56.5 Å². The lowest BCUT2D eigenvalue weighted by atomic mass is 10.2. The van der Waals surface area contributed by atoms with E-state index in [4.69, 9.17) is 17.3 Å². The Bertz CT molecular complexity index is 354. The number of hydrogen-bond donors (Lipinski definition) is 1. The van der Waals surface area contributed by atoms with Crippen LogP contribution in [0.2, 0.25) is 0 Å². The van der Waals surface area contributed by atoms with E-state index >= 15 is 0 Å². The summed E-state index contributed by atoms with van der Waals surface area (Å²) in [4.78, 5) is 4.19. The maximum absolute atomic E-state index is 5.56. The summed E-state index contributed by atoms with van der Waals surface area (Å²) in [7, 11) is 0. The van der Waals surface area contributed by atoms with Crippen molar-refractivity contribution < 1.29 is 0 Å². The Morgan fingerprint density at radius 1 is 1.43 bits per heavy atom. The molecule has 1 aromatic carbocycles. The van der Waals surface area contributed by atoms with Crippen molar-refractivity contribution in [3.8, 4) is 0 Å². The van der Waals surface area contributed by atoms with E-state index in [0.29, 0.717) is 5.84 Å². The van der Waals surface area contributed by atoms with Gasteiger partial charge in [0.1, 0.15) is 5.84 Å². The predicted octanol–water partition coefficient (Wildman–Crippen LogP) is 3.75. The molecule has 5 heteroatoms. The van der Waals surface area contributed by atoms with Crippen molar-refractivity contribution in [2.24, 2.45) is 10.7 Å². The molecule has 14 heavy (non-hydrogen) atoms. The number of nitrogens with two attached hydrogens (primary N) is 1. The maximum Gasteiger partial charge on any atom is 0.115 e. The minimum atomic E-state index is 0.229. The first-order chi connectivity index (χ1) is 6.54. The normalized spacial score (nSPS) is 11.9. The lowest BCUT2D eigenvalue weighted by molar-refractivity contribution is 1.36. The average molecular weight is 340 g/mol. The third-order valence-electron chi connectivity index (χ3n) is 1.55. The van der Waals surface area contributed by atoms with Gasteiger partial charge >= 0.3 is 0 Å². The summed E-state index contributed by atoms with van der Waals surface area (Å²) in [5.74, 6) is 0.629. The third-order valence-corrected chi connectivity index (χ3v) is 3.04. The van der Waals surface area contributed by atoms with Crippen LogP contribution in [0.4, 0.5) is 5.69 Å². The lowest BCUT2D eigenvalue weighted by Crippen LogP contribution is -2.12. The summed E-state index contributed by atoms with van der Waals surface area (Å²) in [6.45, 7) is 2.01. The number of benzene rings is 1. The highest BCUT2D eigenvalue weighted by atomic mass is 79.9. The molecule has 0 atom stereocenters. The van der Waals surface area contributed by atoms with E-state index in [2.05, 4.69) is 36.9 Å². The summed E-state index contributed by atoms with van der Waals surface area (Å²) >= 11 is 12.4. The fourth-order valence-electron chi connectivity index (χ4n) is 0.973. The van der Waals surface area contributed by atoms with Crippen molar-refractivity contribution >= 4 is 55.0 Å². The van der Waals surface area contributed by atoms with Crippen LogP contribution < -0.4 is 5.73 Å². The van der Waals surface area contributed by atoms with Crippen molar-refractivity contribution in [3.05, 3.63) is 26.6 Å². The highest BCUT2D eigenvalue weighted by molar-refractivity contribution is 9.11. The number of halogens is 3.